The molecule has 0 atom stereocenters. The predicted molar refractivity (Wildman–Crippen MR) is 104 cm³/mol. The van der Waals surface area contributed by atoms with Gasteiger partial charge in [0.25, 0.3) is 5.91 Å². The smallest absolute Gasteiger partial charge is 0.261 e. The Morgan fingerprint density at radius 1 is 1.04 bits per heavy atom. The number of nitrogens with one attached hydrogen (secondary N) is 1. The molecule has 1 amide bonds. The van der Waals surface area contributed by atoms with E-state index in [1.165, 1.54) is 22.3 Å². The molecule has 4 rings (SSSR count). The summed E-state index contributed by atoms with van der Waals surface area (Å²) < 4.78 is 10.5. The van der Waals surface area contributed by atoms with Crippen LogP contribution in [0.4, 0.5) is 5.69 Å². The summed E-state index contributed by atoms with van der Waals surface area (Å²) in [6.07, 6.45) is 2.49. The normalized spacial score (nSPS) is 11.6. The van der Waals surface area contributed by atoms with Crippen LogP contribution >= 0.6 is 0 Å². The lowest BCUT2D eigenvalue weighted by Gasteiger charge is -2.11. The van der Waals surface area contributed by atoms with Gasteiger partial charge in [0.15, 0.2) is 0 Å². The van der Waals surface area contributed by atoms with E-state index in [0.717, 1.165) is 12.1 Å². The zero-order chi connectivity index (χ0) is 18.6. The molecule has 0 radical (unpaired) electrons. The minimum Gasteiger partial charge on any atom is -0.475 e. The molecular weight excluding hydrogens is 340 g/mol. The first-order chi connectivity index (χ1) is 13.3. The van der Waals surface area contributed by atoms with Gasteiger partial charge >= 0.3 is 0 Å². The monoisotopic (exact) mass is 360 g/mol. The minimum absolute atomic E-state index is 0.244. The van der Waals surface area contributed by atoms with Crippen LogP contribution in [0.1, 0.15) is 21.5 Å². The third-order valence-electron chi connectivity index (χ3n) is 4.59. The molecule has 0 unspecified atom stereocenters. The third-order valence-corrected chi connectivity index (χ3v) is 4.59. The van der Waals surface area contributed by atoms with Crippen LogP contribution in [0, 0.1) is 0 Å². The third kappa shape index (κ3) is 3.55. The van der Waals surface area contributed by atoms with Gasteiger partial charge in [0.1, 0.15) is 12.2 Å². The van der Waals surface area contributed by atoms with Crippen molar-refractivity contribution in [2.24, 2.45) is 0 Å². The van der Waals surface area contributed by atoms with Crippen LogP contribution < -0.4 is 10.1 Å². The van der Waals surface area contributed by atoms with Gasteiger partial charge in [-0.3, -0.25) is 4.79 Å². The van der Waals surface area contributed by atoms with Gasteiger partial charge in [0.05, 0.1) is 6.61 Å². The topological polar surface area (TPSA) is 60.5 Å². The van der Waals surface area contributed by atoms with Crippen LogP contribution in [0.15, 0.2) is 60.8 Å². The molecule has 0 aliphatic heterocycles. The molecule has 0 spiro atoms. The zero-order valence-electron chi connectivity index (χ0n) is 15.1. The van der Waals surface area contributed by atoms with Gasteiger partial charge in [0, 0.05) is 19.0 Å². The first-order valence-corrected chi connectivity index (χ1v) is 8.85. The number of benzene rings is 2. The van der Waals surface area contributed by atoms with Crippen molar-refractivity contribution >= 4 is 11.6 Å². The van der Waals surface area contributed by atoms with Crippen LogP contribution in [0.25, 0.3) is 11.1 Å². The lowest BCUT2D eigenvalue weighted by molar-refractivity contribution is 0.101. The first-order valence-electron chi connectivity index (χ1n) is 8.85. The number of amides is 1. The van der Waals surface area contributed by atoms with Gasteiger partial charge in [-0.1, -0.05) is 30.3 Å². The summed E-state index contributed by atoms with van der Waals surface area (Å²) >= 11 is 0. The predicted octanol–water partition coefficient (Wildman–Crippen LogP) is 3.93. The minimum atomic E-state index is -0.244. The summed E-state index contributed by atoms with van der Waals surface area (Å²) in [6, 6.07) is 17.8. The van der Waals surface area contributed by atoms with Gasteiger partial charge in [0.2, 0.25) is 5.88 Å². The molecule has 0 saturated heterocycles. The van der Waals surface area contributed by atoms with Gasteiger partial charge < -0.3 is 14.8 Å². The SMILES string of the molecule is COCCOc1ncccc1C(=O)Nc1ccc2c(c1)Cc1ccccc1-2. The fraction of sp³-hybridized carbons (Fsp3) is 0.182. The van der Waals surface area contributed by atoms with Crippen molar-refractivity contribution < 1.29 is 14.3 Å². The number of hydrogen-bond donors (Lipinski definition) is 1. The second kappa shape index (κ2) is 7.60. The highest BCUT2D eigenvalue weighted by Gasteiger charge is 2.19. The number of carbonyl (C=O) groups is 1. The maximum atomic E-state index is 12.7. The molecule has 1 heterocycles. The molecule has 3 aromatic rings. The molecule has 27 heavy (non-hydrogen) atoms. The van der Waals surface area contributed by atoms with E-state index in [1.807, 2.05) is 12.1 Å². The molecule has 1 aliphatic carbocycles. The Balaban J connectivity index is 1.52. The van der Waals surface area contributed by atoms with Crippen molar-refractivity contribution in [1.29, 1.82) is 0 Å². The molecule has 136 valence electrons. The van der Waals surface area contributed by atoms with Gasteiger partial charge in [-0.25, -0.2) is 4.98 Å². The van der Waals surface area contributed by atoms with Crippen molar-refractivity contribution in [3.63, 3.8) is 0 Å². The van der Waals surface area contributed by atoms with Crippen molar-refractivity contribution in [3.8, 4) is 17.0 Å². The quantitative estimate of drug-likeness (QED) is 0.529. The highest BCUT2D eigenvalue weighted by Crippen LogP contribution is 2.37. The van der Waals surface area contributed by atoms with Crippen molar-refractivity contribution in [2.75, 3.05) is 25.6 Å². The van der Waals surface area contributed by atoms with E-state index in [0.29, 0.717) is 24.7 Å². The Morgan fingerprint density at radius 2 is 1.89 bits per heavy atom. The van der Waals surface area contributed by atoms with E-state index in [2.05, 4.69) is 40.6 Å². The van der Waals surface area contributed by atoms with E-state index < -0.39 is 0 Å². The number of rotatable bonds is 6. The van der Waals surface area contributed by atoms with E-state index in [1.54, 1.807) is 25.4 Å². The van der Waals surface area contributed by atoms with E-state index in [4.69, 9.17) is 9.47 Å². The summed E-state index contributed by atoms with van der Waals surface area (Å²) in [5.74, 6) is 0.0617. The molecule has 0 saturated carbocycles. The van der Waals surface area contributed by atoms with Crippen molar-refractivity contribution in [3.05, 3.63) is 77.5 Å². The Hall–Kier alpha value is -3.18. The summed E-state index contributed by atoms with van der Waals surface area (Å²) in [4.78, 5) is 16.9. The molecule has 5 nitrogen and oxygen atoms in total. The Labute approximate surface area is 158 Å². The average Bonchev–Trinajstić information content (AvgIpc) is 3.06. The largest absolute Gasteiger partial charge is 0.475 e. The first kappa shape index (κ1) is 17.2. The number of aromatic nitrogens is 1. The number of ether oxygens (including phenoxy) is 2. The Kier molecular flexibility index (Phi) is 4.85. The van der Waals surface area contributed by atoms with Gasteiger partial charge in [-0.2, -0.15) is 0 Å². The Bertz CT molecular complexity index is 985. The molecule has 0 fully saturated rings. The van der Waals surface area contributed by atoms with E-state index in [9.17, 15) is 4.79 Å². The second-order valence-electron chi connectivity index (χ2n) is 6.36. The Morgan fingerprint density at radius 3 is 2.78 bits per heavy atom. The van der Waals surface area contributed by atoms with E-state index in [-0.39, 0.29) is 5.91 Å². The summed E-state index contributed by atoms with van der Waals surface area (Å²) in [6.45, 7) is 0.772. The number of carbonyl (C=O) groups excluding carboxylic acids is 1. The highest BCUT2D eigenvalue weighted by molar-refractivity contribution is 6.06. The highest BCUT2D eigenvalue weighted by atomic mass is 16.5. The standard InChI is InChI=1S/C22H20N2O3/c1-26-11-12-27-22-20(7-4-10-23-22)21(25)24-17-8-9-19-16(14-17)13-15-5-2-3-6-18(15)19/h2-10,14H,11-13H2,1H3,(H,24,25). The zero-order valence-corrected chi connectivity index (χ0v) is 15.1. The number of anilines is 1. The van der Waals surface area contributed by atoms with Crippen molar-refractivity contribution in [2.45, 2.75) is 6.42 Å². The van der Waals surface area contributed by atoms with Gasteiger partial charge in [-0.15, -0.1) is 0 Å². The number of fused-ring (bicyclic) bond motifs is 3. The van der Waals surface area contributed by atoms with Crippen LogP contribution in [0.2, 0.25) is 0 Å². The fourth-order valence-corrected chi connectivity index (χ4v) is 3.32. The number of methoxy groups -OCH3 is 1. The maximum Gasteiger partial charge on any atom is 0.261 e. The fourth-order valence-electron chi connectivity index (χ4n) is 3.32. The molecule has 5 heteroatoms. The van der Waals surface area contributed by atoms with Crippen LogP contribution in [-0.2, 0) is 11.2 Å². The van der Waals surface area contributed by atoms with Crippen LogP contribution in [0.5, 0.6) is 5.88 Å². The number of pyridine rings is 1. The molecule has 0 bridgehead atoms. The summed E-state index contributed by atoms with van der Waals surface area (Å²) in [5.41, 5.74) is 6.20. The number of hydrogen-bond acceptors (Lipinski definition) is 4. The van der Waals surface area contributed by atoms with Crippen LogP contribution in [-0.4, -0.2) is 31.2 Å². The molecule has 1 aromatic heterocycles. The van der Waals surface area contributed by atoms with Crippen LogP contribution in [0.3, 0.4) is 0 Å². The van der Waals surface area contributed by atoms with E-state index >= 15 is 0 Å². The average molecular weight is 360 g/mol. The molecule has 1 N–H and O–H groups in total. The van der Waals surface area contributed by atoms with Gasteiger partial charge in [-0.05, 0) is 52.9 Å². The second-order valence-corrected chi connectivity index (χ2v) is 6.36. The molecule has 1 aliphatic rings. The lowest BCUT2D eigenvalue weighted by Crippen LogP contribution is -2.15. The molecular formula is C22H20N2O3. The lowest BCUT2D eigenvalue weighted by atomic mass is 10.1. The maximum absolute atomic E-state index is 12.7. The van der Waals surface area contributed by atoms with Crippen molar-refractivity contribution in [1.82, 2.24) is 4.98 Å². The summed E-state index contributed by atoms with van der Waals surface area (Å²) in [5, 5.41) is 2.96. The number of nitrogens with zero attached hydrogens (tertiary/aromatic N) is 1. The summed E-state index contributed by atoms with van der Waals surface area (Å²) in [7, 11) is 1.60. The molecule has 2 aromatic carbocycles.